The topological polar surface area (TPSA) is 12.4 Å². The molecule has 1 aromatic rings. The molecule has 1 aliphatic heterocycles. The lowest BCUT2D eigenvalue weighted by Gasteiger charge is -2.39. The van der Waals surface area contributed by atoms with E-state index >= 15 is 0 Å². The summed E-state index contributed by atoms with van der Waals surface area (Å²) in [5, 5.41) is 0. The van der Waals surface area contributed by atoms with Gasteiger partial charge in [0.1, 0.15) is 5.82 Å². The van der Waals surface area contributed by atoms with Gasteiger partial charge in [0, 0.05) is 18.8 Å². The Labute approximate surface area is 134 Å². The molecule has 1 aromatic carbocycles. The van der Waals surface area contributed by atoms with Crippen LogP contribution in [0.15, 0.2) is 41.5 Å². The van der Waals surface area contributed by atoms with Gasteiger partial charge in [0.2, 0.25) is 0 Å². The molecular formula is C19H20F3N. The Balaban J connectivity index is 1.68. The molecule has 0 aromatic heterocycles. The van der Waals surface area contributed by atoms with Gasteiger partial charge in [-0.25, -0.2) is 13.2 Å². The molecule has 5 unspecified atom stereocenters. The zero-order valence-electron chi connectivity index (χ0n) is 12.8. The zero-order chi connectivity index (χ0) is 16.0. The van der Waals surface area contributed by atoms with Crippen molar-refractivity contribution in [2.75, 3.05) is 0 Å². The van der Waals surface area contributed by atoms with Crippen molar-refractivity contribution in [2.45, 2.75) is 37.5 Å². The lowest BCUT2D eigenvalue weighted by atomic mass is 9.65. The summed E-state index contributed by atoms with van der Waals surface area (Å²) in [4.78, 5) is 4.20. The van der Waals surface area contributed by atoms with Crippen LogP contribution in [0.2, 0.25) is 0 Å². The van der Waals surface area contributed by atoms with Gasteiger partial charge in [-0.15, -0.1) is 0 Å². The smallest absolute Gasteiger partial charge is 0.255 e. The first-order chi connectivity index (χ1) is 11.1. The summed E-state index contributed by atoms with van der Waals surface area (Å²) in [5.41, 5.74) is 0.584. The van der Waals surface area contributed by atoms with Crippen LogP contribution in [0.3, 0.4) is 0 Å². The molecule has 4 heteroatoms. The van der Waals surface area contributed by atoms with Gasteiger partial charge in [-0.1, -0.05) is 18.2 Å². The molecule has 4 rings (SSSR count). The third-order valence-corrected chi connectivity index (χ3v) is 6.01. The van der Waals surface area contributed by atoms with Crippen molar-refractivity contribution in [1.82, 2.24) is 0 Å². The van der Waals surface area contributed by atoms with E-state index in [1.54, 1.807) is 0 Å². The van der Waals surface area contributed by atoms with Gasteiger partial charge in [0.25, 0.3) is 5.92 Å². The number of alkyl halides is 2. The number of aliphatic imine (C=N–C) groups is 1. The van der Waals surface area contributed by atoms with Crippen LogP contribution in [0.5, 0.6) is 0 Å². The summed E-state index contributed by atoms with van der Waals surface area (Å²) >= 11 is 0. The van der Waals surface area contributed by atoms with Gasteiger partial charge in [0.15, 0.2) is 0 Å². The van der Waals surface area contributed by atoms with Crippen molar-refractivity contribution < 1.29 is 13.2 Å². The number of hydrogen-bond donors (Lipinski definition) is 0. The van der Waals surface area contributed by atoms with E-state index in [4.69, 9.17) is 0 Å². The van der Waals surface area contributed by atoms with E-state index in [0.717, 1.165) is 19.3 Å². The van der Waals surface area contributed by atoms with E-state index in [9.17, 15) is 13.2 Å². The van der Waals surface area contributed by atoms with Crippen LogP contribution in [-0.4, -0.2) is 12.1 Å². The minimum Gasteiger partial charge on any atom is -0.269 e. The summed E-state index contributed by atoms with van der Waals surface area (Å²) in [6, 6.07) is 5.67. The van der Waals surface area contributed by atoms with Crippen molar-refractivity contribution in [3.8, 4) is 0 Å². The van der Waals surface area contributed by atoms with Gasteiger partial charge in [-0.05, 0) is 60.6 Å². The highest BCUT2D eigenvalue weighted by Crippen LogP contribution is 2.61. The average Bonchev–Trinajstić information content (AvgIpc) is 2.67. The van der Waals surface area contributed by atoms with Crippen LogP contribution in [0.1, 0.15) is 37.2 Å². The molecule has 2 aliphatic carbocycles. The van der Waals surface area contributed by atoms with Crippen LogP contribution < -0.4 is 0 Å². The molecule has 0 N–H and O–H groups in total. The van der Waals surface area contributed by atoms with E-state index in [-0.39, 0.29) is 30.0 Å². The fourth-order valence-corrected chi connectivity index (χ4v) is 5.07. The summed E-state index contributed by atoms with van der Waals surface area (Å²) in [5.74, 6) is -3.24. The number of hydrogen-bond acceptors (Lipinski definition) is 1. The van der Waals surface area contributed by atoms with Crippen molar-refractivity contribution >= 4 is 6.21 Å². The Morgan fingerprint density at radius 3 is 2.57 bits per heavy atom. The predicted molar refractivity (Wildman–Crippen MR) is 84.1 cm³/mol. The Morgan fingerprint density at radius 2 is 1.78 bits per heavy atom. The number of fused-ring (bicyclic) bond motifs is 3. The van der Waals surface area contributed by atoms with E-state index in [1.807, 2.05) is 12.4 Å². The first-order valence-corrected chi connectivity index (χ1v) is 8.38. The number of rotatable bonds is 1. The lowest BCUT2D eigenvalue weighted by Crippen LogP contribution is -2.32. The Hall–Kier alpha value is -1.58. The Bertz CT molecular complexity index is 635. The van der Waals surface area contributed by atoms with E-state index in [2.05, 4.69) is 11.1 Å². The molecule has 2 saturated carbocycles. The third kappa shape index (κ3) is 2.52. The summed E-state index contributed by atoms with van der Waals surface area (Å²) in [7, 11) is 0. The molecule has 0 bridgehead atoms. The van der Waals surface area contributed by atoms with Gasteiger partial charge < -0.3 is 0 Å². The van der Waals surface area contributed by atoms with E-state index in [1.165, 1.54) is 24.3 Å². The Kier molecular flexibility index (Phi) is 3.58. The van der Waals surface area contributed by atoms with Gasteiger partial charge in [-0.3, -0.25) is 4.99 Å². The molecule has 5 atom stereocenters. The maximum atomic E-state index is 14.8. The van der Waals surface area contributed by atoms with Gasteiger partial charge in [-0.2, -0.15) is 0 Å². The van der Waals surface area contributed by atoms with Crippen molar-refractivity contribution in [2.24, 2.45) is 28.7 Å². The third-order valence-electron chi connectivity index (χ3n) is 6.01. The number of benzene rings is 1. The SMILES string of the molecule is Fc1ccc(C2C3CCC4C=CN=CCC4C3CC2(F)F)cc1. The molecule has 3 aliphatic rings. The van der Waals surface area contributed by atoms with Crippen LogP contribution in [0.25, 0.3) is 0 Å². The highest BCUT2D eigenvalue weighted by Gasteiger charge is 2.59. The largest absolute Gasteiger partial charge is 0.269 e. The summed E-state index contributed by atoms with van der Waals surface area (Å²) < 4.78 is 42.8. The predicted octanol–water partition coefficient (Wildman–Crippen LogP) is 5.20. The normalized spacial score (nSPS) is 38.0. The quantitative estimate of drug-likeness (QED) is 0.675. The van der Waals surface area contributed by atoms with Crippen molar-refractivity contribution in [3.63, 3.8) is 0 Å². The van der Waals surface area contributed by atoms with Crippen LogP contribution >= 0.6 is 0 Å². The second kappa shape index (κ2) is 5.50. The van der Waals surface area contributed by atoms with Crippen LogP contribution in [0.4, 0.5) is 13.2 Å². The van der Waals surface area contributed by atoms with E-state index in [0.29, 0.717) is 11.5 Å². The first kappa shape index (κ1) is 15.0. The minimum absolute atomic E-state index is 0.0170. The number of nitrogens with zero attached hydrogens (tertiary/aromatic N) is 1. The summed E-state index contributed by atoms with van der Waals surface area (Å²) in [6.07, 6.45) is 8.26. The molecule has 0 amide bonds. The monoisotopic (exact) mass is 319 g/mol. The minimum atomic E-state index is -2.71. The number of allylic oxidation sites excluding steroid dienone is 1. The summed E-state index contributed by atoms with van der Waals surface area (Å²) in [6.45, 7) is 0. The number of halogens is 3. The molecule has 1 heterocycles. The van der Waals surface area contributed by atoms with Crippen molar-refractivity contribution in [1.29, 1.82) is 0 Å². The highest BCUT2D eigenvalue weighted by atomic mass is 19.3. The van der Waals surface area contributed by atoms with Gasteiger partial charge >= 0.3 is 0 Å². The highest BCUT2D eigenvalue weighted by molar-refractivity contribution is 5.59. The molecule has 2 fully saturated rings. The molecule has 0 spiro atoms. The second-order valence-corrected chi connectivity index (χ2v) is 7.14. The molecule has 0 radical (unpaired) electrons. The lowest BCUT2D eigenvalue weighted by molar-refractivity contribution is -0.0172. The van der Waals surface area contributed by atoms with Crippen LogP contribution in [-0.2, 0) is 0 Å². The molecular weight excluding hydrogens is 299 g/mol. The molecule has 1 nitrogen and oxygen atoms in total. The van der Waals surface area contributed by atoms with Gasteiger partial charge in [0.05, 0.1) is 5.92 Å². The van der Waals surface area contributed by atoms with E-state index < -0.39 is 11.8 Å². The molecule has 0 saturated heterocycles. The average molecular weight is 319 g/mol. The maximum absolute atomic E-state index is 14.8. The van der Waals surface area contributed by atoms with Crippen LogP contribution in [0, 0.1) is 29.5 Å². The fraction of sp³-hybridized carbons (Fsp3) is 0.526. The fourth-order valence-electron chi connectivity index (χ4n) is 5.07. The standard InChI is InChI=1S/C19H20F3N/c20-14-4-1-13(2-5-14)18-16-6-3-12-7-9-23-10-8-15(12)17(16)11-19(18,21)22/h1-2,4-5,7,9-10,12,15-18H,3,6,8,11H2. The first-order valence-electron chi connectivity index (χ1n) is 8.38. The molecule has 23 heavy (non-hydrogen) atoms. The zero-order valence-corrected chi connectivity index (χ0v) is 12.8. The molecule has 122 valence electrons. The maximum Gasteiger partial charge on any atom is 0.255 e. The second-order valence-electron chi connectivity index (χ2n) is 7.14. The van der Waals surface area contributed by atoms with Crippen molar-refractivity contribution in [3.05, 3.63) is 47.9 Å². The Morgan fingerprint density at radius 1 is 1.00 bits per heavy atom.